The highest BCUT2D eigenvalue weighted by Gasteiger charge is 2.67. The molecule has 28 heavy (non-hydrogen) atoms. The van der Waals surface area contributed by atoms with Crippen molar-refractivity contribution in [2.75, 3.05) is 0 Å². The molecule has 0 bridgehead atoms. The summed E-state index contributed by atoms with van der Waals surface area (Å²) >= 11 is 0. The van der Waals surface area contributed by atoms with Crippen LogP contribution >= 0.6 is 0 Å². The summed E-state index contributed by atoms with van der Waals surface area (Å²) in [7, 11) is 0. The number of carbonyl (C=O) groups excluding carboxylic acids is 1. The molecule has 2 N–H and O–H groups in total. The van der Waals surface area contributed by atoms with Crippen LogP contribution < -0.4 is 0 Å². The van der Waals surface area contributed by atoms with Gasteiger partial charge in [-0.3, -0.25) is 4.79 Å². The van der Waals surface area contributed by atoms with Crippen LogP contribution in [0.2, 0.25) is 0 Å². The van der Waals surface area contributed by atoms with Gasteiger partial charge in [0, 0.05) is 18.3 Å². The molecule has 5 heteroatoms. The van der Waals surface area contributed by atoms with E-state index in [1.54, 1.807) is 0 Å². The van der Waals surface area contributed by atoms with E-state index in [1.807, 2.05) is 6.92 Å². The Bertz CT molecular complexity index is 678. The van der Waals surface area contributed by atoms with Gasteiger partial charge in [0.25, 0.3) is 0 Å². The van der Waals surface area contributed by atoms with Crippen LogP contribution in [0.4, 0.5) is 0 Å². The normalized spacial score (nSPS) is 51.0. The minimum Gasteiger partial charge on any atom is -0.463 e. The highest BCUT2D eigenvalue weighted by molar-refractivity contribution is 5.85. The van der Waals surface area contributed by atoms with Gasteiger partial charge in [0.05, 0.1) is 11.3 Å². The van der Waals surface area contributed by atoms with Gasteiger partial charge in [-0.25, -0.2) is 0 Å². The van der Waals surface area contributed by atoms with E-state index in [0.717, 1.165) is 63.5 Å². The third-order valence-corrected chi connectivity index (χ3v) is 9.80. The quantitative estimate of drug-likeness (QED) is 0.313. The number of fused-ring (bicyclic) bond motifs is 5. The Balaban J connectivity index is 1.59. The summed E-state index contributed by atoms with van der Waals surface area (Å²) in [5.74, 6) is 1.45. The number of carbonyl (C=O) groups is 1. The number of hydrogen-bond acceptors (Lipinski definition) is 5. The predicted molar refractivity (Wildman–Crippen MR) is 107 cm³/mol. The Hall–Kier alpha value is -1.10. The van der Waals surface area contributed by atoms with Crippen molar-refractivity contribution in [2.24, 2.45) is 39.7 Å². The number of hydrogen-bond donors (Lipinski definition) is 2. The first-order valence-electron chi connectivity index (χ1n) is 11.2. The minimum absolute atomic E-state index is 0.0725. The van der Waals surface area contributed by atoms with Crippen LogP contribution in [-0.2, 0) is 9.53 Å². The Morgan fingerprint density at radius 3 is 2.43 bits per heavy atom. The van der Waals surface area contributed by atoms with E-state index in [9.17, 15) is 15.1 Å². The lowest BCUT2D eigenvalue weighted by molar-refractivity contribution is -0.208. The second kappa shape index (κ2) is 6.72. The first-order valence-corrected chi connectivity index (χ1v) is 11.2. The standard InChI is InChI=1S/C23H37NO4/c1-14(24-27)18-9-12-23(26)20-6-5-16-13-17(28-15(2)25)7-10-21(16,3)19(20)8-11-22(18,23)4/h16-20,26-27H,5-13H2,1-4H3/b24-14+/t16-,17+,18-,19+,20-,21+,22-,23+/m1/s1. The van der Waals surface area contributed by atoms with Gasteiger partial charge >= 0.3 is 5.97 Å². The minimum atomic E-state index is -0.659. The Kier molecular flexibility index (Phi) is 4.84. The third kappa shape index (κ3) is 2.68. The van der Waals surface area contributed by atoms with Gasteiger partial charge < -0.3 is 15.1 Å². The lowest BCUT2D eigenvalue weighted by atomic mass is 9.43. The topological polar surface area (TPSA) is 79.1 Å². The van der Waals surface area contributed by atoms with Crippen LogP contribution in [0.25, 0.3) is 0 Å². The molecule has 0 amide bonds. The molecule has 4 rings (SSSR count). The van der Waals surface area contributed by atoms with Crippen molar-refractivity contribution in [1.29, 1.82) is 0 Å². The van der Waals surface area contributed by atoms with Crippen molar-refractivity contribution in [2.45, 2.75) is 97.2 Å². The second-order valence-corrected chi connectivity index (χ2v) is 10.7. The zero-order chi connectivity index (χ0) is 20.3. The number of esters is 1. The van der Waals surface area contributed by atoms with Gasteiger partial charge in [0.15, 0.2) is 0 Å². The summed E-state index contributed by atoms with van der Waals surface area (Å²) in [5, 5.41) is 24.9. The highest BCUT2D eigenvalue weighted by atomic mass is 16.5. The first kappa shape index (κ1) is 20.2. The molecular weight excluding hydrogens is 354 g/mol. The SMILES string of the molecule is CC(=O)O[C@H]1CC[C@@]2(C)[C@H](CC[C@@H]3[C@@H]2CC[C@]2(C)[C@@H](/C(C)=N/O)CC[C@]32O)C1. The van der Waals surface area contributed by atoms with Crippen molar-refractivity contribution in [3.8, 4) is 0 Å². The molecule has 0 aromatic carbocycles. The first-order chi connectivity index (χ1) is 13.2. The largest absolute Gasteiger partial charge is 0.463 e. The van der Waals surface area contributed by atoms with Crippen molar-refractivity contribution in [1.82, 2.24) is 0 Å². The molecule has 4 aliphatic rings. The molecule has 0 aromatic heterocycles. The number of rotatable bonds is 2. The van der Waals surface area contributed by atoms with E-state index in [4.69, 9.17) is 4.74 Å². The van der Waals surface area contributed by atoms with Gasteiger partial charge in [-0.15, -0.1) is 0 Å². The monoisotopic (exact) mass is 391 g/mol. The number of aliphatic hydroxyl groups is 1. The lowest BCUT2D eigenvalue weighted by Crippen LogP contribution is -2.62. The Morgan fingerprint density at radius 1 is 1.00 bits per heavy atom. The highest BCUT2D eigenvalue weighted by Crippen LogP contribution is 2.69. The van der Waals surface area contributed by atoms with Gasteiger partial charge in [0.2, 0.25) is 0 Å². The molecule has 4 saturated carbocycles. The van der Waals surface area contributed by atoms with Crippen molar-refractivity contribution in [3.63, 3.8) is 0 Å². The van der Waals surface area contributed by atoms with E-state index in [0.29, 0.717) is 17.8 Å². The van der Waals surface area contributed by atoms with Gasteiger partial charge in [-0.05, 0) is 87.9 Å². The summed E-state index contributed by atoms with van der Waals surface area (Å²) in [4.78, 5) is 11.4. The van der Waals surface area contributed by atoms with Crippen LogP contribution in [-0.4, -0.2) is 33.7 Å². The molecule has 0 radical (unpaired) electrons. The average molecular weight is 392 g/mol. The molecule has 158 valence electrons. The maximum Gasteiger partial charge on any atom is 0.302 e. The molecule has 4 fully saturated rings. The molecule has 4 aliphatic carbocycles. The number of nitrogens with zero attached hydrogens (tertiary/aromatic N) is 1. The van der Waals surface area contributed by atoms with Gasteiger partial charge in [0.1, 0.15) is 6.10 Å². The summed E-state index contributed by atoms with van der Waals surface area (Å²) < 4.78 is 5.55. The fourth-order valence-electron chi connectivity index (χ4n) is 8.27. The molecule has 0 aromatic rings. The van der Waals surface area contributed by atoms with E-state index in [-0.39, 0.29) is 28.8 Å². The Morgan fingerprint density at radius 2 is 1.75 bits per heavy atom. The van der Waals surface area contributed by atoms with Crippen LogP contribution in [0.5, 0.6) is 0 Å². The van der Waals surface area contributed by atoms with E-state index >= 15 is 0 Å². The van der Waals surface area contributed by atoms with Crippen LogP contribution in [0, 0.1) is 34.5 Å². The molecule has 8 atom stereocenters. The average Bonchev–Trinajstić information content (AvgIpc) is 2.92. The van der Waals surface area contributed by atoms with E-state index < -0.39 is 5.60 Å². The third-order valence-electron chi connectivity index (χ3n) is 9.80. The fraction of sp³-hybridized carbons (Fsp3) is 0.913. The smallest absolute Gasteiger partial charge is 0.302 e. The summed E-state index contributed by atoms with van der Waals surface area (Å²) in [6, 6.07) is 0. The molecule has 0 saturated heterocycles. The van der Waals surface area contributed by atoms with Crippen LogP contribution in [0.3, 0.4) is 0 Å². The van der Waals surface area contributed by atoms with Gasteiger partial charge in [-0.2, -0.15) is 0 Å². The summed E-state index contributed by atoms with van der Waals surface area (Å²) in [6.07, 6.45) is 9.14. The molecule has 0 unspecified atom stereocenters. The van der Waals surface area contributed by atoms with Crippen molar-refractivity contribution >= 4 is 11.7 Å². The summed E-state index contributed by atoms with van der Waals surface area (Å²) in [5.41, 5.74) is 0.156. The predicted octanol–water partition coefficient (Wildman–Crippen LogP) is 4.54. The zero-order valence-electron chi connectivity index (χ0n) is 17.9. The van der Waals surface area contributed by atoms with Gasteiger partial charge in [-0.1, -0.05) is 19.0 Å². The lowest BCUT2D eigenvalue weighted by Gasteiger charge is -2.63. The molecular formula is C23H37NO4. The summed E-state index contributed by atoms with van der Waals surface area (Å²) in [6.45, 7) is 8.09. The van der Waals surface area contributed by atoms with Crippen molar-refractivity contribution < 1.29 is 19.8 Å². The number of oxime groups is 1. The fourth-order valence-corrected chi connectivity index (χ4v) is 8.27. The van der Waals surface area contributed by atoms with Crippen molar-refractivity contribution in [3.05, 3.63) is 0 Å². The maximum atomic E-state index is 12.0. The number of ether oxygens (including phenoxy) is 1. The second-order valence-electron chi connectivity index (χ2n) is 10.7. The maximum absolute atomic E-state index is 12.0. The molecule has 0 heterocycles. The van der Waals surface area contributed by atoms with Crippen LogP contribution in [0.15, 0.2) is 5.16 Å². The van der Waals surface area contributed by atoms with E-state index in [2.05, 4.69) is 19.0 Å². The zero-order valence-corrected chi connectivity index (χ0v) is 17.9. The Labute approximate surface area is 168 Å². The molecule has 0 spiro atoms. The van der Waals surface area contributed by atoms with E-state index in [1.165, 1.54) is 6.92 Å². The molecule has 0 aliphatic heterocycles. The van der Waals surface area contributed by atoms with Crippen LogP contribution in [0.1, 0.15) is 85.5 Å². The molecule has 5 nitrogen and oxygen atoms in total.